The molecule has 0 radical (unpaired) electrons. The van der Waals surface area contributed by atoms with Crippen molar-refractivity contribution in [1.29, 1.82) is 0 Å². The van der Waals surface area contributed by atoms with E-state index in [9.17, 15) is 24.8 Å². The highest BCUT2D eigenvalue weighted by atomic mass is 35.5. The van der Waals surface area contributed by atoms with E-state index < -0.39 is 22.4 Å². The summed E-state index contributed by atoms with van der Waals surface area (Å²) in [6, 6.07) is 3.57. The molecule has 0 fully saturated rings. The quantitative estimate of drug-likeness (QED) is 0.488. The average molecular weight is 356 g/mol. The maximum atomic E-state index is 11.9. The van der Waals surface area contributed by atoms with Crippen LogP contribution in [0.1, 0.15) is 20.3 Å². The van der Waals surface area contributed by atoms with E-state index in [1.54, 1.807) is 6.92 Å². The Hall–Kier alpha value is -2.68. The fourth-order valence-electron chi connectivity index (χ4n) is 2.26. The Morgan fingerprint density at radius 3 is 2.71 bits per heavy atom. The molecule has 1 aliphatic rings. The van der Waals surface area contributed by atoms with Gasteiger partial charge in [0, 0.05) is 18.6 Å². The first-order valence-electron chi connectivity index (χ1n) is 6.93. The minimum absolute atomic E-state index is 0.0504. The lowest BCUT2D eigenvalue weighted by Crippen LogP contribution is -2.47. The van der Waals surface area contributed by atoms with Gasteiger partial charge in [-0.25, -0.2) is 14.6 Å². The van der Waals surface area contributed by atoms with Crippen LogP contribution < -0.4 is 5.01 Å². The highest BCUT2D eigenvalue weighted by Crippen LogP contribution is 2.39. The summed E-state index contributed by atoms with van der Waals surface area (Å²) >= 11 is 6.05. The molecule has 2 rings (SSSR count). The second-order valence-corrected chi connectivity index (χ2v) is 5.63. The Morgan fingerprint density at radius 2 is 2.21 bits per heavy atom. The number of carboxylic acids is 1. The van der Waals surface area contributed by atoms with Gasteiger partial charge in [-0.3, -0.25) is 10.1 Å². The van der Waals surface area contributed by atoms with E-state index in [1.807, 2.05) is 0 Å². The highest BCUT2D eigenvalue weighted by Gasteiger charge is 2.48. The van der Waals surface area contributed by atoms with Crippen molar-refractivity contribution >= 4 is 40.6 Å². The number of hydrazone groups is 1. The lowest BCUT2D eigenvalue weighted by molar-refractivity contribution is -0.384. The van der Waals surface area contributed by atoms with E-state index in [0.29, 0.717) is 0 Å². The van der Waals surface area contributed by atoms with Gasteiger partial charge >= 0.3 is 11.9 Å². The number of carboxylic acid groups (broad SMARTS) is 1. The molecule has 0 spiro atoms. The molecule has 0 bridgehead atoms. The van der Waals surface area contributed by atoms with Crippen LogP contribution in [0.25, 0.3) is 0 Å². The number of halogens is 1. The Kier molecular flexibility index (Phi) is 4.74. The maximum absolute atomic E-state index is 11.9. The Labute approximate surface area is 141 Å². The fourth-order valence-corrected chi connectivity index (χ4v) is 2.52. The van der Waals surface area contributed by atoms with Crippen molar-refractivity contribution in [3.63, 3.8) is 0 Å². The number of aliphatic carboxylic acids is 1. The smallest absolute Gasteiger partial charge is 0.354 e. The minimum Gasteiger partial charge on any atom is -0.479 e. The van der Waals surface area contributed by atoms with Crippen LogP contribution in [0.5, 0.6) is 0 Å². The van der Waals surface area contributed by atoms with Gasteiger partial charge in [-0.05, 0) is 19.9 Å². The van der Waals surface area contributed by atoms with Crippen LogP contribution in [0, 0.1) is 10.1 Å². The molecule has 0 aromatic heterocycles. The van der Waals surface area contributed by atoms with Gasteiger partial charge in [0.1, 0.15) is 5.71 Å². The minimum atomic E-state index is -1.57. The monoisotopic (exact) mass is 355 g/mol. The van der Waals surface area contributed by atoms with Crippen LogP contribution >= 0.6 is 11.6 Å². The molecule has 1 atom stereocenters. The summed E-state index contributed by atoms with van der Waals surface area (Å²) in [5.74, 6) is -1.94. The summed E-state index contributed by atoms with van der Waals surface area (Å²) in [5, 5.41) is 25.4. The second kappa shape index (κ2) is 6.44. The van der Waals surface area contributed by atoms with Crippen LogP contribution in [-0.2, 0) is 14.3 Å². The third kappa shape index (κ3) is 3.02. The zero-order valence-corrected chi connectivity index (χ0v) is 13.6. The van der Waals surface area contributed by atoms with Gasteiger partial charge in [-0.2, -0.15) is 5.10 Å². The SMILES string of the molecule is CCOC(=O)C1=NN(c2ccc([N+](=O)[O-])cc2Cl)C(C)(C(=O)O)C1. The van der Waals surface area contributed by atoms with Crippen molar-refractivity contribution in [1.82, 2.24) is 0 Å². The largest absolute Gasteiger partial charge is 0.479 e. The zero-order valence-electron chi connectivity index (χ0n) is 12.9. The Balaban J connectivity index is 2.49. The molecule has 1 unspecified atom stereocenters. The molecule has 128 valence electrons. The summed E-state index contributed by atoms with van der Waals surface area (Å²) in [4.78, 5) is 33.7. The first-order valence-corrected chi connectivity index (χ1v) is 7.30. The number of carbonyl (C=O) groups is 2. The highest BCUT2D eigenvalue weighted by molar-refractivity contribution is 6.39. The lowest BCUT2D eigenvalue weighted by atomic mass is 9.95. The molecule has 0 aliphatic carbocycles. The number of anilines is 1. The van der Waals surface area contributed by atoms with Crippen molar-refractivity contribution in [2.45, 2.75) is 25.8 Å². The van der Waals surface area contributed by atoms with Crippen LogP contribution in [-0.4, -0.2) is 39.8 Å². The Bertz CT molecular complexity index is 750. The number of non-ortho nitro benzene ring substituents is 1. The van der Waals surface area contributed by atoms with Crippen molar-refractivity contribution in [2.75, 3.05) is 11.6 Å². The van der Waals surface area contributed by atoms with Crippen LogP contribution in [0.2, 0.25) is 5.02 Å². The molecular weight excluding hydrogens is 342 g/mol. The molecule has 10 heteroatoms. The number of benzene rings is 1. The zero-order chi connectivity index (χ0) is 18.1. The van der Waals surface area contributed by atoms with E-state index >= 15 is 0 Å². The molecule has 0 saturated heterocycles. The average Bonchev–Trinajstić information content (AvgIpc) is 2.86. The normalized spacial score (nSPS) is 19.8. The predicted molar refractivity (Wildman–Crippen MR) is 85.3 cm³/mol. The van der Waals surface area contributed by atoms with E-state index in [-0.39, 0.29) is 35.1 Å². The van der Waals surface area contributed by atoms with E-state index in [4.69, 9.17) is 16.3 Å². The van der Waals surface area contributed by atoms with Crippen molar-refractivity contribution < 1.29 is 24.4 Å². The second-order valence-electron chi connectivity index (χ2n) is 5.23. The van der Waals surface area contributed by atoms with Crippen molar-refractivity contribution in [3.8, 4) is 0 Å². The molecule has 0 saturated carbocycles. The number of nitrogens with zero attached hydrogens (tertiary/aromatic N) is 3. The predicted octanol–water partition coefficient (Wildman–Crippen LogP) is 2.22. The number of nitro benzene ring substituents is 1. The standard InChI is InChI=1S/C14H14ClN3O6/c1-3-24-12(19)10-7-14(2,13(20)21)17(16-10)11-5-4-8(18(22)23)6-9(11)15/h4-6H,3,7H2,1-2H3,(H,20,21). The van der Waals surface area contributed by atoms with Gasteiger partial charge in [-0.15, -0.1) is 0 Å². The van der Waals surface area contributed by atoms with Crippen LogP contribution in [0.3, 0.4) is 0 Å². The topological polar surface area (TPSA) is 122 Å². The van der Waals surface area contributed by atoms with Gasteiger partial charge in [0.05, 0.1) is 22.2 Å². The Morgan fingerprint density at radius 1 is 1.54 bits per heavy atom. The molecule has 24 heavy (non-hydrogen) atoms. The first-order chi connectivity index (χ1) is 11.2. The molecular formula is C14H14ClN3O6. The van der Waals surface area contributed by atoms with Crippen molar-refractivity contribution in [2.24, 2.45) is 5.10 Å². The molecule has 1 aromatic rings. The number of carbonyl (C=O) groups excluding carboxylic acids is 1. The summed E-state index contributed by atoms with van der Waals surface area (Å²) in [7, 11) is 0. The molecule has 1 aromatic carbocycles. The number of hydrogen-bond acceptors (Lipinski definition) is 7. The van der Waals surface area contributed by atoms with Gasteiger partial charge < -0.3 is 9.84 Å². The summed E-state index contributed by atoms with van der Waals surface area (Å²) < 4.78 is 4.85. The molecule has 1 heterocycles. The number of nitro groups is 1. The lowest BCUT2D eigenvalue weighted by Gasteiger charge is -2.30. The van der Waals surface area contributed by atoms with Crippen molar-refractivity contribution in [3.05, 3.63) is 33.3 Å². The molecule has 0 amide bonds. The van der Waals surface area contributed by atoms with Crippen LogP contribution in [0.4, 0.5) is 11.4 Å². The molecule has 1 aliphatic heterocycles. The van der Waals surface area contributed by atoms with Gasteiger partial charge in [0.15, 0.2) is 5.54 Å². The number of esters is 1. The molecule has 1 N–H and O–H groups in total. The van der Waals surface area contributed by atoms with Gasteiger partial charge in [0.25, 0.3) is 5.69 Å². The summed E-state index contributed by atoms with van der Waals surface area (Å²) in [6.45, 7) is 3.12. The third-order valence-corrected chi connectivity index (χ3v) is 3.84. The first kappa shape index (κ1) is 17.7. The third-order valence-electron chi connectivity index (χ3n) is 3.54. The van der Waals surface area contributed by atoms with Gasteiger partial charge in [0.2, 0.25) is 0 Å². The number of hydrogen-bond donors (Lipinski definition) is 1. The number of ether oxygens (including phenoxy) is 1. The van der Waals surface area contributed by atoms with Gasteiger partial charge in [-0.1, -0.05) is 11.6 Å². The van der Waals surface area contributed by atoms with E-state index in [1.165, 1.54) is 19.1 Å². The fraction of sp³-hybridized carbons (Fsp3) is 0.357. The number of rotatable bonds is 5. The van der Waals surface area contributed by atoms with E-state index in [2.05, 4.69) is 5.10 Å². The maximum Gasteiger partial charge on any atom is 0.354 e. The van der Waals surface area contributed by atoms with Crippen LogP contribution in [0.15, 0.2) is 23.3 Å². The summed E-state index contributed by atoms with van der Waals surface area (Å²) in [6.07, 6.45) is -0.186. The summed E-state index contributed by atoms with van der Waals surface area (Å²) in [5.41, 5.74) is -1.72. The van der Waals surface area contributed by atoms with E-state index in [0.717, 1.165) is 11.1 Å². The molecule has 9 nitrogen and oxygen atoms in total.